The van der Waals surface area contributed by atoms with E-state index in [1.54, 1.807) is 0 Å². The van der Waals surface area contributed by atoms with Crippen molar-refractivity contribution in [3.05, 3.63) is 23.5 Å². The van der Waals surface area contributed by atoms with Crippen molar-refractivity contribution in [3.8, 4) is 0 Å². The van der Waals surface area contributed by atoms with E-state index in [2.05, 4.69) is 23.9 Å². The van der Waals surface area contributed by atoms with Crippen molar-refractivity contribution in [2.24, 2.45) is 5.73 Å². The number of fused-ring (bicyclic) bond motifs is 1. The van der Waals surface area contributed by atoms with Crippen molar-refractivity contribution in [3.63, 3.8) is 0 Å². The summed E-state index contributed by atoms with van der Waals surface area (Å²) in [5.41, 5.74) is 8.97. The van der Waals surface area contributed by atoms with Crippen LogP contribution in [0, 0.1) is 0 Å². The van der Waals surface area contributed by atoms with Crippen LogP contribution in [-0.2, 0) is 13.0 Å². The standard InChI is InChI=1S/C12H20N2S/c1-2-15-7-6-14-8-10-4-3-5-12(13)11(10)9-14/h8-9,12H,2-7,13H2,1H3. The number of thioether (sulfide) groups is 1. The van der Waals surface area contributed by atoms with Gasteiger partial charge in [0, 0.05) is 30.7 Å². The Hall–Kier alpha value is -0.410. The Morgan fingerprint density at radius 1 is 1.53 bits per heavy atom. The zero-order valence-electron chi connectivity index (χ0n) is 9.41. The van der Waals surface area contributed by atoms with Crippen molar-refractivity contribution >= 4 is 11.8 Å². The van der Waals surface area contributed by atoms with E-state index >= 15 is 0 Å². The second-order valence-electron chi connectivity index (χ2n) is 4.17. The van der Waals surface area contributed by atoms with Gasteiger partial charge in [-0.1, -0.05) is 6.92 Å². The van der Waals surface area contributed by atoms with E-state index in [-0.39, 0.29) is 6.04 Å². The maximum atomic E-state index is 6.10. The molecule has 15 heavy (non-hydrogen) atoms. The molecule has 1 atom stereocenters. The first-order valence-corrected chi connectivity index (χ1v) is 6.98. The van der Waals surface area contributed by atoms with Gasteiger partial charge in [0.2, 0.25) is 0 Å². The third-order valence-electron chi connectivity index (χ3n) is 3.06. The summed E-state index contributed by atoms with van der Waals surface area (Å²) in [6.45, 7) is 3.33. The molecule has 3 heteroatoms. The van der Waals surface area contributed by atoms with Crippen LogP contribution in [-0.4, -0.2) is 16.1 Å². The highest BCUT2D eigenvalue weighted by atomic mass is 32.2. The number of aryl methyl sites for hydroxylation is 2. The number of rotatable bonds is 4. The van der Waals surface area contributed by atoms with E-state index in [9.17, 15) is 0 Å². The average Bonchev–Trinajstić information content (AvgIpc) is 2.63. The highest BCUT2D eigenvalue weighted by Crippen LogP contribution is 2.28. The molecule has 84 valence electrons. The van der Waals surface area contributed by atoms with Crippen molar-refractivity contribution in [1.29, 1.82) is 0 Å². The van der Waals surface area contributed by atoms with Crippen molar-refractivity contribution in [2.75, 3.05) is 11.5 Å². The fourth-order valence-corrected chi connectivity index (χ4v) is 2.86. The van der Waals surface area contributed by atoms with E-state index in [4.69, 9.17) is 5.73 Å². The van der Waals surface area contributed by atoms with Crippen LogP contribution in [0.15, 0.2) is 12.4 Å². The summed E-state index contributed by atoms with van der Waals surface area (Å²) < 4.78 is 2.32. The Balaban J connectivity index is 2.01. The van der Waals surface area contributed by atoms with Gasteiger partial charge in [-0.15, -0.1) is 0 Å². The Morgan fingerprint density at radius 3 is 3.13 bits per heavy atom. The van der Waals surface area contributed by atoms with Gasteiger partial charge in [0.1, 0.15) is 0 Å². The molecule has 1 heterocycles. The Labute approximate surface area is 96.2 Å². The maximum Gasteiger partial charge on any atom is 0.0312 e. The van der Waals surface area contributed by atoms with Gasteiger partial charge in [0.05, 0.1) is 0 Å². The lowest BCUT2D eigenvalue weighted by Gasteiger charge is -2.17. The van der Waals surface area contributed by atoms with Crippen LogP contribution in [0.4, 0.5) is 0 Å². The lowest BCUT2D eigenvalue weighted by molar-refractivity contribution is 0.573. The van der Waals surface area contributed by atoms with Gasteiger partial charge in [0.15, 0.2) is 0 Å². The molecule has 2 rings (SSSR count). The van der Waals surface area contributed by atoms with Gasteiger partial charge in [-0.2, -0.15) is 11.8 Å². The zero-order chi connectivity index (χ0) is 10.7. The molecule has 0 radical (unpaired) electrons. The van der Waals surface area contributed by atoms with Gasteiger partial charge >= 0.3 is 0 Å². The second kappa shape index (κ2) is 5.08. The number of aromatic nitrogens is 1. The minimum Gasteiger partial charge on any atom is -0.353 e. The normalized spacial score (nSPS) is 20.3. The van der Waals surface area contributed by atoms with Crippen LogP contribution in [0.3, 0.4) is 0 Å². The molecule has 1 aromatic heterocycles. The highest BCUT2D eigenvalue weighted by Gasteiger charge is 2.18. The van der Waals surface area contributed by atoms with Gasteiger partial charge < -0.3 is 10.3 Å². The quantitative estimate of drug-likeness (QED) is 0.797. The molecule has 0 saturated carbocycles. The van der Waals surface area contributed by atoms with Crippen LogP contribution in [0.2, 0.25) is 0 Å². The van der Waals surface area contributed by atoms with E-state index in [0.717, 1.165) is 13.0 Å². The summed E-state index contributed by atoms with van der Waals surface area (Å²) >= 11 is 2.00. The first-order chi connectivity index (χ1) is 7.31. The molecule has 2 N–H and O–H groups in total. The topological polar surface area (TPSA) is 30.9 Å². The van der Waals surface area contributed by atoms with Crippen LogP contribution < -0.4 is 5.73 Å². The van der Waals surface area contributed by atoms with Crippen LogP contribution in [0.25, 0.3) is 0 Å². The predicted molar refractivity (Wildman–Crippen MR) is 67.3 cm³/mol. The third kappa shape index (κ3) is 2.58. The summed E-state index contributed by atoms with van der Waals surface area (Å²) in [6.07, 6.45) is 8.18. The van der Waals surface area contributed by atoms with Gasteiger partial charge in [0.25, 0.3) is 0 Å². The lowest BCUT2D eigenvalue weighted by Crippen LogP contribution is -2.15. The Kier molecular flexibility index (Phi) is 3.76. The van der Waals surface area contributed by atoms with Crippen molar-refractivity contribution in [1.82, 2.24) is 4.57 Å². The van der Waals surface area contributed by atoms with E-state index in [0.29, 0.717) is 0 Å². The molecule has 0 aliphatic heterocycles. The molecule has 1 unspecified atom stereocenters. The number of nitrogens with two attached hydrogens (primary N) is 1. The Bertz CT molecular complexity index is 319. The van der Waals surface area contributed by atoms with Gasteiger partial charge in [-0.25, -0.2) is 0 Å². The smallest absolute Gasteiger partial charge is 0.0312 e. The molecular weight excluding hydrogens is 204 g/mol. The van der Waals surface area contributed by atoms with Crippen LogP contribution in [0.5, 0.6) is 0 Å². The number of hydrogen-bond acceptors (Lipinski definition) is 2. The Morgan fingerprint density at radius 2 is 2.40 bits per heavy atom. The minimum atomic E-state index is 0.286. The van der Waals surface area contributed by atoms with Gasteiger partial charge in [-0.05, 0) is 36.1 Å². The van der Waals surface area contributed by atoms with E-state index in [1.807, 2.05) is 11.8 Å². The number of nitrogens with zero attached hydrogens (tertiary/aromatic N) is 1. The highest BCUT2D eigenvalue weighted by molar-refractivity contribution is 7.99. The molecular formula is C12H20N2S. The molecule has 0 saturated heterocycles. The average molecular weight is 224 g/mol. The largest absolute Gasteiger partial charge is 0.353 e. The predicted octanol–water partition coefficient (Wildman–Crippen LogP) is 2.58. The first-order valence-electron chi connectivity index (χ1n) is 5.83. The monoisotopic (exact) mass is 224 g/mol. The minimum absolute atomic E-state index is 0.286. The molecule has 2 nitrogen and oxygen atoms in total. The molecule has 1 aliphatic carbocycles. The molecule has 0 fully saturated rings. The van der Waals surface area contributed by atoms with Crippen molar-refractivity contribution < 1.29 is 0 Å². The second-order valence-corrected chi connectivity index (χ2v) is 5.57. The van der Waals surface area contributed by atoms with Crippen molar-refractivity contribution in [2.45, 2.75) is 38.8 Å². The first kappa shape index (κ1) is 11.1. The SMILES string of the molecule is CCSCCn1cc2c(c1)C(N)CCC2. The van der Waals surface area contributed by atoms with Crippen LogP contribution >= 0.6 is 11.8 Å². The number of hydrogen-bond donors (Lipinski definition) is 1. The summed E-state index contributed by atoms with van der Waals surface area (Å²) in [5.74, 6) is 2.42. The molecule has 0 spiro atoms. The summed E-state index contributed by atoms with van der Waals surface area (Å²) in [7, 11) is 0. The summed E-state index contributed by atoms with van der Waals surface area (Å²) in [6, 6.07) is 0.286. The molecule has 0 amide bonds. The fourth-order valence-electron chi connectivity index (χ4n) is 2.23. The third-order valence-corrected chi connectivity index (χ3v) is 3.94. The van der Waals surface area contributed by atoms with E-state index < -0.39 is 0 Å². The summed E-state index contributed by atoms with van der Waals surface area (Å²) in [4.78, 5) is 0. The van der Waals surface area contributed by atoms with E-state index in [1.165, 1.54) is 35.5 Å². The molecule has 0 aromatic carbocycles. The molecule has 1 aliphatic rings. The maximum absolute atomic E-state index is 6.10. The molecule has 0 bridgehead atoms. The van der Waals surface area contributed by atoms with Gasteiger partial charge in [-0.3, -0.25) is 0 Å². The fraction of sp³-hybridized carbons (Fsp3) is 0.667. The van der Waals surface area contributed by atoms with Crippen LogP contribution in [0.1, 0.15) is 36.9 Å². The zero-order valence-corrected chi connectivity index (χ0v) is 10.2. The summed E-state index contributed by atoms with van der Waals surface area (Å²) in [5, 5.41) is 0. The lowest BCUT2D eigenvalue weighted by atomic mass is 9.92. The molecule has 1 aromatic rings.